The van der Waals surface area contributed by atoms with Crippen LogP contribution in [0.4, 0.5) is 5.69 Å². The van der Waals surface area contributed by atoms with Crippen LogP contribution in [-0.2, 0) is 9.59 Å². The fourth-order valence-corrected chi connectivity index (χ4v) is 1.76. The minimum atomic E-state index is -1.10. The van der Waals surface area contributed by atoms with E-state index >= 15 is 0 Å². The second-order valence-corrected chi connectivity index (χ2v) is 4.23. The van der Waals surface area contributed by atoms with Crippen molar-refractivity contribution >= 4 is 17.6 Å². The number of nitrogens with one attached hydrogen (secondary N) is 1. The Bertz CT molecular complexity index is 416. The third-order valence-corrected chi connectivity index (χ3v) is 2.99. The number of aliphatic carboxylic acids is 1. The van der Waals surface area contributed by atoms with Crippen LogP contribution in [0.15, 0.2) is 30.3 Å². The fourth-order valence-electron chi connectivity index (χ4n) is 1.76. The molecule has 19 heavy (non-hydrogen) atoms. The van der Waals surface area contributed by atoms with E-state index in [1.165, 1.54) is 0 Å². The Balaban J connectivity index is 2.71. The molecule has 104 valence electrons. The van der Waals surface area contributed by atoms with Gasteiger partial charge in [-0.15, -0.1) is 0 Å². The van der Waals surface area contributed by atoms with E-state index < -0.39 is 17.8 Å². The van der Waals surface area contributed by atoms with Crippen molar-refractivity contribution in [1.82, 2.24) is 4.90 Å². The number of hydrogen-bond acceptors (Lipinski definition) is 3. The van der Waals surface area contributed by atoms with Crippen LogP contribution in [0.3, 0.4) is 0 Å². The van der Waals surface area contributed by atoms with Gasteiger partial charge in [0.2, 0.25) is 5.91 Å². The largest absolute Gasteiger partial charge is 0.481 e. The van der Waals surface area contributed by atoms with Gasteiger partial charge in [0.15, 0.2) is 0 Å². The molecule has 5 heteroatoms. The quantitative estimate of drug-likeness (QED) is 0.735. The summed E-state index contributed by atoms with van der Waals surface area (Å²) in [5, 5.41) is 11.8. The van der Waals surface area contributed by atoms with Crippen LogP contribution >= 0.6 is 0 Å². The number of carboxylic acid groups (broad SMARTS) is 1. The zero-order valence-corrected chi connectivity index (χ0v) is 11.3. The maximum Gasteiger partial charge on any atom is 0.317 e. The van der Waals surface area contributed by atoms with E-state index in [2.05, 4.69) is 5.32 Å². The number of carbonyl (C=O) groups excluding carboxylic acids is 1. The summed E-state index contributed by atoms with van der Waals surface area (Å²) in [7, 11) is 0. The summed E-state index contributed by atoms with van der Waals surface area (Å²) in [4.78, 5) is 25.1. The first kappa shape index (κ1) is 15.2. The molecule has 1 rings (SSSR count). The minimum Gasteiger partial charge on any atom is -0.481 e. The van der Waals surface area contributed by atoms with E-state index in [1.54, 1.807) is 24.3 Å². The van der Waals surface area contributed by atoms with Crippen LogP contribution in [0, 0.1) is 5.92 Å². The molecule has 0 saturated heterocycles. The zero-order valence-electron chi connectivity index (χ0n) is 11.3. The molecule has 0 aliphatic carbocycles. The molecular weight excluding hydrogens is 244 g/mol. The molecule has 0 aliphatic rings. The number of anilines is 1. The maximum absolute atomic E-state index is 12.0. The first-order valence-corrected chi connectivity index (χ1v) is 6.39. The number of amides is 1. The number of rotatable bonds is 7. The van der Waals surface area contributed by atoms with Gasteiger partial charge in [-0.3, -0.25) is 9.59 Å². The minimum absolute atomic E-state index is 0.223. The Morgan fingerprint density at radius 2 is 1.79 bits per heavy atom. The molecule has 0 heterocycles. The maximum atomic E-state index is 12.0. The van der Waals surface area contributed by atoms with Crippen molar-refractivity contribution in [2.45, 2.75) is 13.8 Å². The highest BCUT2D eigenvalue weighted by atomic mass is 16.4. The molecule has 0 bridgehead atoms. The molecule has 2 N–H and O–H groups in total. The van der Waals surface area contributed by atoms with Crippen molar-refractivity contribution in [3.8, 4) is 0 Å². The van der Waals surface area contributed by atoms with Crippen molar-refractivity contribution in [1.29, 1.82) is 0 Å². The van der Waals surface area contributed by atoms with Gasteiger partial charge >= 0.3 is 5.97 Å². The Hall–Kier alpha value is -1.88. The number of benzene rings is 1. The second kappa shape index (κ2) is 7.53. The molecule has 1 amide bonds. The highest BCUT2D eigenvalue weighted by molar-refractivity contribution is 6.04. The van der Waals surface area contributed by atoms with E-state index in [1.807, 2.05) is 24.8 Å². The van der Waals surface area contributed by atoms with E-state index in [9.17, 15) is 14.7 Å². The predicted octanol–water partition coefficient (Wildman–Crippen LogP) is 1.67. The van der Waals surface area contributed by atoms with Crippen LogP contribution < -0.4 is 5.32 Å². The van der Waals surface area contributed by atoms with Crippen LogP contribution in [0.1, 0.15) is 13.8 Å². The van der Waals surface area contributed by atoms with E-state index in [0.29, 0.717) is 5.69 Å². The monoisotopic (exact) mass is 264 g/mol. The van der Waals surface area contributed by atoms with Crippen molar-refractivity contribution in [3.63, 3.8) is 0 Å². The summed E-state index contributed by atoms with van der Waals surface area (Å²) in [5.74, 6) is -2.63. The summed E-state index contributed by atoms with van der Waals surface area (Å²) < 4.78 is 0. The number of carbonyl (C=O) groups is 2. The Morgan fingerprint density at radius 1 is 1.21 bits per heavy atom. The third kappa shape index (κ3) is 4.71. The van der Waals surface area contributed by atoms with Crippen molar-refractivity contribution < 1.29 is 14.7 Å². The number of para-hydroxylation sites is 1. The average molecular weight is 264 g/mol. The lowest BCUT2D eigenvalue weighted by Crippen LogP contribution is -2.40. The molecule has 0 aromatic heterocycles. The smallest absolute Gasteiger partial charge is 0.317 e. The third-order valence-electron chi connectivity index (χ3n) is 2.99. The van der Waals surface area contributed by atoms with Crippen molar-refractivity contribution in [2.24, 2.45) is 5.92 Å². The highest BCUT2D eigenvalue weighted by Crippen LogP contribution is 2.09. The number of carboxylic acids is 1. The lowest BCUT2D eigenvalue weighted by atomic mass is 10.1. The van der Waals surface area contributed by atoms with Gasteiger partial charge in [0, 0.05) is 12.2 Å². The molecule has 0 saturated carbocycles. The van der Waals surface area contributed by atoms with Crippen LogP contribution in [0.25, 0.3) is 0 Å². The summed E-state index contributed by atoms with van der Waals surface area (Å²) in [6.07, 6.45) is 0. The second-order valence-electron chi connectivity index (χ2n) is 4.23. The van der Waals surface area contributed by atoms with Crippen LogP contribution in [-0.4, -0.2) is 41.5 Å². The molecule has 1 unspecified atom stereocenters. The summed E-state index contributed by atoms with van der Waals surface area (Å²) in [5.41, 5.74) is 0.610. The summed E-state index contributed by atoms with van der Waals surface area (Å²) in [6.45, 7) is 5.55. The highest BCUT2D eigenvalue weighted by Gasteiger charge is 2.27. The van der Waals surface area contributed by atoms with Crippen LogP contribution in [0.2, 0.25) is 0 Å². The molecular formula is C14H20N2O3. The van der Waals surface area contributed by atoms with Gasteiger partial charge < -0.3 is 15.3 Å². The first-order chi connectivity index (χ1) is 9.08. The standard InChI is InChI=1S/C14H20N2O3/c1-3-16(4-2)10-12(14(18)19)13(17)15-11-8-6-5-7-9-11/h5-9,12H,3-4,10H2,1-2H3,(H,15,17)(H,18,19). The average Bonchev–Trinajstić information content (AvgIpc) is 2.40. The van der Waals surface area contributed by atoms with Crippen molar-refractivity contribution in [3.05, 3.63) is 30.3 Å². The summed E-state index contributed by atoms with van der Waals surface area (Å²) in [6, 6.07) is 8.87. The van der Waals surface area contributed by atoms with Gasteiger partial charge in [-0.05, 0) is 25.2 Å². The Labute approximate surface area is 113 Å². The molecule has 5 nitrogen and oxygen atoms in total. The molecule has 1 atom stereocenters. The van der Waals surface area contributed by atoms with E-state index in [0.717, 1.165) is 13.1 Å². The van der Waals surface area contributed by atoms with Crippen molar-refractivity contribution in [2.75, 3.05) is 25.0 Å². The normalized spacial score (nSPS) is 12.2. The summed E-state index contributed by atoms with van der Waals surface area (Å²) >= 11 is 0. The van der Waals surface area contributed by atoms with E-state index in [4.69, 9.17) is 0 Å². The van der Waals surface area contributed by atoms with Gasteiger partial charge in [-0.2, -0.15) is 0 Å². The van der Waals surface area contributed by atoms with Gasteiger partial charge in [-0.25, -0.2) is 0 Å². The first-order valence-electron chi connectivity index (χ1n) is 6.39. The van der Waals surface area contributed by atoms with Gasteiger partial charge in [0.05, 0.1) is 0 Å². The Morgan fingerprint density at radius 3 is 2.26 bits per heavy atom. The van der Waals surface area contributed by atoms with E-state index in [-0.39, 0.29) is 6.54 Å². The zero-order chi connectivity index (χ0) is 14.3. The SMILES string of the molecule is CCN(CC)CC(C(=O)O)C(=O)Nc1ccccc1. The fraction of sp³-hybridized carbons (Fsp3) is 0.429. The number of nitrogens with zero attached hydrogens (tertiary/aromatic N) is 1. The van der Waals surface area contributed by atoms with Gasteiger partial charge in [0.25, 0.3) is 0 Å². The predicted molar refractivity (Wildman–Crippen MR) is 74.0 cm³/mol. The lowest BCUT2D eigenvalue weighted by Gasteiger charge is -2.22. The Kier molecular flexibility index (Phi) is 6.02. The molecule has 0 spiro atoms. The molecule has 1 aromatic rings. The molecule has 0 aliphatic heterocycles. The lowest BCUT2D eigenvalue weighted by molar-refractivity contribution is -0.146. The molecule has 1 aromatic carbocycles. The van der Waals surface area contributed by atoms with Gasteiger partial charge in [-0.1, -0.05) is 32.0 Å². The number of hydrogen-bond donors (Lipinski definition) is 2. The van der Waals surface area contributed by atoms with Crippen LogP contribution in [0.5, 0.6) is 0 Å². The molecule has 0 radical (unpaired) electrons. The van der Waals surface area contributed by atoms with Gasteiger partial charge in [0.1, 0.15) is 5.92 Å². The molecule has 0 fully saturated rings. The topological polar surface area (TPSA) is 69.6 Å².